The first-order valence-electron chi connectivity index (χ1n) is 7.06. The first-order chi connectivity index (χ1) is 10.2. The van der Waals surface area contributed by atoms with E-state index in [0.29, 0.717) is 5.75 Å². The molecule has 1 N–H and O–H groups in total. The van der Waals surface area contributed by atoms with Gasteiger partial charge in [-0.15, -0.1) is 0 Å². The molecule has 21 heavy (non-hydrogen) atoms. The van der Waals surface area contributed by atoms with Gasteiger partial charge in [-0.3, -0.25) is 0 Å². The third-order valence-corrected chi connectivity index (χ3v) is 3.08. The average Bonchev–Trinajstić information content (AvgIpc) is 2.50. The Labute approximate surface area is 123 Å². The van der Waals surface area contributed by atoms with E-state index in [-0.39, 0.29) is 12.2 Å². The summed E-state index contributed by atoms with van der Waals surface area (Å²) < 4.78 is 32.2. The van der Waals surface area contributed by atoms with Crippen LogP contribution >= 0.6 is 0 Å². The smallest absolute Gasteiger partial charge is 0.165 e. The van der Waals surface area contributed by atoms with E-state index in [0.717, 1.165) is 31.1 Å². The minimum Gasteiger partial charge on any atom is -0.489 e. The molecule has 0 aliphatic rings. The Hall–Kier alpha value is -1.94. The van der Waals surface area contributed by atoms with Crippen LogP contribution in [0.4, 0.5) is 8.78 Å². The number of rotatable bonds is 7. The minimum atomic E-state index is -0.853. The van der Waals surface area contributed by atoms with Crippen LogP contribution in [0.2, 0.25) is 0 Å². The van der Waals surface area contributed by atoms with Crippen molar-refractivity contribution in [3.8, 4) is 5.75 Å². The van der Waals surface area contributed by atoms with Crippen molar-refractivity contribution < 1.29 is 13.5 Å². The first-order valence-corrected chi connectivity index (χ1v) is 7.06. The maximum atomic E-state index is 13.5. The van der Waals surface area contributed by atoms with Gasteiger partial charge in [0.1, 0.15) is 12.4 Å². The van der Waals surface area contributed by atoms with Crippen molar-refractivity contribution >= 4 is 0 Å². The van der Waals surface area contributed by atoms with Crippen molar-refractivity contribution in [2.45, 2.75) is 26.5 Å². The lowest BCUT2D eigenvalue weighted by atomic mass is 10.2. The number of benzene rings is 2. The molecule has 0 atom stereocenters. The molecule has 0 saturated carbocycles. The van der Waals surface area contributed by atoms with Gasteiger partial charge < -0.3 is 10.1 Å². The lowest BCUT2D eigenvalue weighted by Gasteiger charge is -2.09. The van der Waals surface area contributed by atoms with Crippen molar-refractivity contribution in [1.82, 2.24) is 5.32 Å². The molecular formula is C17H19F2NO. The average molecular weight is 291 g/mol. The molecule has 4 heteroatoms. The van der Waals surface area contributed by atoms with Crippen LogP contribution in [-0.4, -0.2) is 6.54 Å². The van der Waals surface area contributed by atoms with E-state index >= 15 is 0 Å². The Bertz CT molecular complexity index is 587. The highest BCUT2D eigenvalue weighted by molar-refractivity contribution is 5.29. The summed E-state index contributed by atoms with van der Waals surface area (Å²) >= 11 is 0. The Kier molecular flexibility index (Phi) is 5.69. The van der Waals surface area contributed by atoms with Crippen LogP contribution in [0.3, 0.4) is 0 Å². The summed E-state index contributed by atoms with van der Waals surface area (Å²) in [6.45, 7) is 3.84. The molecule has 0 aliphatic heterocycles. The fourth-order valence-electron chi connectivity index (χ4n) is 1.98. The predicted octanol–water partition coefficient (Wildman–Crippen LogP) is 4.04. The van der Waals surface area contributed by atoms with E-state index in [9.17, 15) is 8.78 Å². The zero-order valence-electron chi connectivity index (χ0n) is 12.0. The van der Waals surface area contributed by atoms with Gasteiger partial charge >= 0.3 is 0 Å². The molecule has 0 unspecified atom stereocenters. The first kappa shape index (κ1) is 15.4. The van der Waals surface area contributed by atoms with Gasteiger partial charge in [0.15, 0.2) is 11.6 Å². The van der Waals surface area contributed by atoms with Crippen molar-refractivity contribution in [2.24, 2.45) is 0 Å². The Morgan fingerprint density at radius 1 is 1.10 bits per heavy atom. The van der Waals surface area contributed by atoms with Crippen LogP contribution in [0.5, 0.6) is 5.75 Å². The molecule has 2 aromatic rings. The highest BCUT2D eigenvalue weighted by atomic mass is 19.2. The molecule has 0 fully saturated rings. The van der Waals surface area contributed by atoms with Crippen molar-refractivity contribution in [3.05, 3.63) is 65.2 Å². The fraction of sp³-hybridized carbons (Fsp3) is 0.294. The van der Waals surface area contributed by atoms with Gasteiger partial charge in [0.2, 0.25) is 0 Å². The molecule has 0 aliphatic carbocycles. The fourth-order valence-corrected chi connectivity index (χ4v) is 1.98. The monoisotopic (exact) mass is 291 g/mol. The van der Waals surface area contributed by atoms with E-state index < -0.39 is 11.6 Å². The molecule has 0 amide bonds. The number of nitrogens with one attached hydrogen (secondary N) is 1. The van der Waals surface area contributed by atoms with Gasteiger partial charge in [0.05, 0.1) is 0 Å². The molecular weight excluding hydrogens is 272 g/mol. The van der Waals surface area contributed by atoms with Crippen molar-refractivity contribution in [1.29, 1.82) is 0 Å². The molecule has 0 bridgehead atoms. The highest BCUT2D eigenvalue weighted by Gasteiger charge is 2.08. The SMILES string of the molecule is CCCNCc1cccc(OCc2cccc(F)c2F)c1. The highest BCUT2D eigenvalue weighted by Crippen LogP contribution is 2.17. The van der Waals surface area contributed by atoms with Crippen LogP contribution in [0.25, 0.3) is 0 Å². The maximum Gasteiger partial charge on any atom is 0.165 e. The third kappa shape index (κ3) is 4.53. The third-order valence-electron chi connectivity index (χ3n) is 3.08. The van der Waals surface area contributed by atoms with E-state index in [1.807, 2.05) is 18.2 Å². The Balaban J connectivity index is 1.96. The molecule has 2 aromatic carbocycles. The molecule has 2 nitrogen and oxygen atoms in total. The summed E-state index contributed by atoms with van der Waals surface area (Å²) in [5.41, 5.74) is 1.31. The topological polar surface area (TPSA) is 21.3 Å². The Morgan fingerprint density at radius 3 is 2.71 bits per heavy atom. The van der Waals surface area contributed by atoms with E-state index in [1.165, 1.54) is 12.1 Å². The molecule has 0 aromatic heterocycles. The normalized spacial score (nSPS) is 10.6. The zero-order chi connectivity index (χ0) is 15.1. The zero-order valence-corrected chi connectivity index (χ0v) is 12.0. The predicted molar refractivity (Wildman–Crippen MR) is 79.1 cm³/mol. The van der Waals surface area contributed by atoms with Crippen LogP contribution in [0, 0.1) is 11.6 Å². The summed E-state index contributed by atoms with van der Waals surface area (Å²) in [5, 5.41) is 3.30. The maximum absolute atomic E-state index is 13.5. The summed E-state index contributed by atoms with van der Waals surface area (Å²) in [5.74, 6) is -1.05. The summed E-state index contributed by atoms with van der Waals surface area (Å²) in [4.78, 5) is 0. The minimum absolute atomic E-state index is 0.00936. The Morgan fingerprint density at radius 2 is 1.90 bits per heavy atom. The lowest BCUT2D eigenvalue weighted by Crippen LogP contribution is -2.13. The molecule has 2 rings (SSSR count). The number of hydrogen-bond donors (Lipinski definition) is 1. The van der Waals surface area contributed by atoms with Gasteiger partial charge in [-0.2, -0.15) is 0 Å². The van der Waals surface area contributed by atoms with Crippen LogP contribution in [-0.2, 0) is 13.2 Å². The van der Waals surface area contributed by atoms with Gasteiger partial charge in [0, 0.05) is 12.1 Å². The molecule has 112 valence electrons. The lowest BCUT2D eigenvalue weighted by molar-refractivity contribution is 0.297. The van der Waals surface area contributed by atoms with Crippen LogP contribution < -0.4 is 10.1 Å². The second-order valence-corrected chi connectivity index (χ2v) is 4.83. The summed E-state index contributed by atoms with van der Waals surface area (Å²) in [6.07, 6.45) is 1.08. The summed E-state index contributed by atoms with van der Waals surface area (Å²) in [7, 11) is 0. The van der Waals surface area contributed by atoms with Gasteiger partial charge in [-0.1, -0.05) is 31.2 Å². The van der Waals surface area contributed by atoms with E-state index in [2.05, 4.69) is 12.2 Å². The van der Waals surface area contributed by atoms with Crippen molar-refractivity contribution in [3.63, 3.8) is 0 Å². The quantitative estimate of drug-likeness (QED) is 0.777. The largest absolute Gasteiger partial charge is 0.489 e. The molecule has 0 spiro atoms. The van der Waals surface area contributed by atoms with Crippen LogP contribution in [0.1, 0.15) is 24.5 Å². The number of hydrogen-bond acceptors (Lipinski definition) is 2. The van der Waals surface area contributed by atoms with Crippen molar-refractivity contribution in [2.75, 3.05) is 6.54 Å². The van der Waals surface area contributed by atoms with E-state index in [1.54, 1.807) is 6.07 Å². The molecule has 0 saturated heterocycles. The van der Waals surface area contributed by atoms with Gasteiger partial charge in [0.25, 0.3) is 0 Å². The van der Waals surface area contributed by atoms with E-state index in [4.69, 9.17) is 4.74 Å². The number of halogens is 2. The van der Waals surface area contributed by atoms with Crippen LogP contribution in [0.15, 0.2) is 42.5 Å². The number of ether oxygens (including phenoxy) is 1. The second kappa shape index (κ2) is 7.74. The molecule has 0 radical (unpaired) electrons. The summed E-state index contributed by atoms with van der Waals surface area (Å²) in [6, 6.07) is 11.7. The second-order valence-electron chi connectivity index (χ2n) is 4.83. The van der Waals surface area contributed by atoms with Gasteiger partial charge in [-0.25, -0.2) is 8.78 Å². The van der Waals surface area contributed by atoms with Gasteiger partial charge in [-0.05, 0) is 36.7 Å². The molecule has 0 heterocycles. The standard InChI is InChI=1S/C17H19F2NO/c1-2-9-20-11-13-5-3-7-15(10-13)21-12-14-6-4-8-16(18)17(14)19/h3-8,10,20H,2,9,11-12H2,1H3.